The molecule has 3 heteroatoms. The molecule has 0 aromatic heterocycles. The van der Waals surface area contributed by atoms with Crippen LogP contribution < -0.4 is 10.5 Å². The molecule has 2 N–H and O–H groups in total. The Kier molecular flexibility index (Phi) is 3.11. The number of nitrogens with two attached hydrogens (primary N) is 1. The largest absolute Gasteiger partial charge is 0.493 e. The highest BCUT2D eigenvalue weighted by molar-refractivity contribution is 5.47. The van der Waals surface area contributed by atoms with E-state index in [9.17, 15) is 0 Å². The highest BCUT2D eigenvalue weighted by Crippen LogP contribution is 2.22. The van der Waals surface area contributed by atoms with Gasteiger partial charge in [-0.05, 0) is 25.0 Å². The third-order valence-corrected chi connectivity index (χ3v) is 2.71. The molecule has 0 spiro atoms. The zero-order valence-corrected chi connectivity index (χ0v) is 9.03. The molecule has 1 aromatic carbocycles. The predicted octanol–water partition coefficient (Wildman–Crippen LogP) is 1.99. The summed E-state index contributed by atoms with van der Waals surface area (Å²) < 4.78 is 11.0. The Bertz CT molecular complexity index is 332. The molecule has 1 aliphatic heterocycles. The highest BCUT2D eigenvalue weighted by atomic mass is 16.5. The Labute approximate surface area is 90.2 Å². The lowest BCUT2D eigenvalue weighted by molar-refractivity contribution is 0.167. The number of hydrogen-bond donors (Lipinski definition) is 1. The number of anilines is 1. The molecule has 3 nitrogen and oxygen atoms in total. The van der Waals surface area contributed by atoms with E-state index in [4.69, 9.17) is 15.2 Å². The minimum atomic E-state index is 0.533. The Morgan fingerprint density at radius 1 is 1.53 bits per heavy atom. The molecule has 0 amide bonds. The van der Waals surface area contributed by atoms with Crippen LogP contribution in [-0.2, 0) is 4.74 Å². The summed E-state index contributed by atoms with van der Waals surface area (Å²) in [6, 6.07) is 5.75. The molecule has 1 saturated heterocycles. The molecule has 1 atom stereocenters. The molecule has 1 aromatic rings. The van der Waals surface area contributed by atoms with E-state index in [0.717, 1.165) is 43.2 Å². The van der Waals surface area contributed by atoms with E-state index in [1.165, 1.54) is 0 Å². The SMILES string of the molecule is Cc1ccc(N)cc1OCC1CCOC1. The summed E-state index contributed by atoms with van der Waals surface area (Å²) >= 11 is 0. The summed E-state index contributed by atoms with van der Waals surface area (Å²) in [5.74, 6) is 1.42. The third-order valence-electron chi connectivity index (χ3n) is 2.71. The highest BCUT2D eigenvalue weighted by Gasteiger charge is 2.16. The van der Waals surface area contributed by atoms with Crippen LogP contribution in [0, 0.1) is 12.8 Å². The summed E-state index contributed by atoms with van der Waals surface area (Å²) in [6.45, 7) is 4.44. The van der Waals surface area contributed by atoms with E-state index in [-0.39, 0.29) is 0 Å². The summed E-state index contributed by atoms with van der Waals surface area (Å²) in [5, 5.41) is 0. The average Bonchev–Trinajstić information content (AvgIpc) is 2.72. The second-order valence-corrected chi connectivity index (χ2v) is 4.07. The van der Waals surface area contributed by atoms with Crippen LogP contribution >= 0.6 is 0 Å². The van der Waals surface area contributed by atoms with Gasteiger partial charge in [0.05, 0.1) is 13.2 Å². The summed E-state index contributed by atoms with van der Waals surface area (Å²) in [6.07, 6.45) is 1.10. The maximum atomic E-state index is 5.74. The van der Waals surface area contributed by atoms with Gasteiger partial charge >= 0.3 is 0 Å². The normalized spacial score (nSPS) is 20.5. The van der Waals surface area contributed by atoms with E-state index in [2.05, 4.69) is 0 Å². The molecule has 82 valence electrons. The molecule has 0 saturated carbocycles. The van der Waals surface area contributed by atoms with Gasteiger partial charge in [0.15, 0.2) is 0 Å². The van der Waals surface area contributed by atoms with Gasteiger partial charge in [-0.15, -0.1) is 0 Å². The van der Waals surface area contributed by atoms with E-state index in [1.54, 1.807) is 0 Å². The van der Waals surface area contributed by atoms with Crippen molar-refractivity contribution >= 4 is 5.69 Å². The zero-order valence-electron chi connectivity index (χ0n) is 9.03. The number of aryl methyl sites for hydroxylation is 1. The van der Waals surface area contributed by atoms with E-state index in [1.807, 2.05) is 25.1 Å². The van der Waals surface area contributed by atoms with Crippen LogP contribution in [-0.4, -0.2) is 19.8 Å². The van der Waals surface area contributed by atoms with Gasteiger partial charge in [0, 0.05) is 24.3 Å². The zero-order chi connectivity index (χ0) is 10.7. The Hall–Kier alpha value is -1.22. The predicted molar refractivity (Wildman–Crippen MR) is 60.0 cm³/mol. The van der Waals surface area contributed by atoms with Crippen LogP contribution in [0.3, 0.4) is 0 Å². The van der Waals surface area contributed by atoms with Crippen LogP contribution in [0.2, 0.25) is 0 Å². The summed E-state index contributed by atoms with van der Waals surface area (Å²) in [7, 11) is 0. The van der Waals surface area contributed by atoms with E-state index < -0.39 is 0 Å². The Balaban J connectivity index is 1.94. The quantitative estimate of drug-likeness (QED) is 0.771. The van der Waals surface area contributed by atoms with Crippen molar-refractivity contribution in [2.24, 2.45) is 5.92 Å². The van der Waals surface area contributed by atoms with Crippen molar-refractivity contribution < 1.29 is 9.47 Å². The fraction of sp³-hybridized carbons (Fsp3) is 0.500. The smallest absolute Gasteiger partial charge is 0.124 e. The first-order valence-corrected chi connectivity index (χ1v) is 5.32. The molecule has 1 fully saturated rings. The van der Waals surface area contributed by atoms with Gasteiger partial charge < -0.3 is 15.2 Å². The van der Waals surface area contributed by atoms with Crippen LogP contribution in [0.1, 0.15) is 12.0 Å². The Morgan fingerprint density at radius 3 is 3.13 bits per heavy atom. The van der Waals surface area contributed by atoms with Gasteiger partial charge in [-0.2, -0.15) is 0 Å². The molecule has 1 unspecified atom stereocenters. The lowest BCUT2D eigenvalue weighted by Gasteiger charge is -2.12. The summed E-state index contributed by atoms with van der Waals surface area (Å²) in [5.41, 5.74) is 7.58. The molecule has 0 bridgehead atoms. The monoisotopic (exact) mass is 207 g/mol. The van der Waals surface area contributed by atoms with Gasteiger partial charge in [0.2, 0.25) is 0 Å². The van der Waals surface area contributed by atoms with E-state index >= 15 is 0 Å². The first kappa shape index (κ1) is 10.3. The minimum Gasteiger partial charge on any atom is -0.493 e. The van der Waals surface area contributed by atoms with Crippen LogP contribution in [0.4, 0.5) is 5.69 Å². The lowest BCUT2D eigenvalue weighted by Crippen LogP contribution is -2.12. The third kappa shape index (κ3) is 2.63. The van der Waals surface area contributed by atoms with Gasteiger partial charge in [-0.25, -0.2) is 0 Å². The van der Waals surface area contributed by atoms with Crippen molar-refractivity contribution in [3.8, 4) is 5.75 Å². The van der Waals surface area contributed by atoms with Crippen LogP contribution in [0.5, 0.6) is 5.75 Å². The second-order valence-electron chi connectivity index (χ2n) is 4.07. The van der Waals surface area contributed by atoms with Gasteiger partial charge in [-0.3, -0.25) is 0 Å². The van der Waals surface area contributed by atoms with Gasteiger partial charge in [-0.1, -0.05) is 6.07 Å². The minimum absolute atomic E-state index is 0.533. The molecule has 0 aliphatic carbocycles. The molecular formula is C12H17NO2. The van der Waals surface area contributed by atoms with Gasteiger partial charge in [0.1, 0.15) is 5.75 Å². The van der Waals surface area contributed by atoms with Crippen molar-refractivity contribution in [2.45, 2.75) is 13.3 Å². The fourth-order valence-electron chi connectivity index (χ4n) is 1.69. The second kappa shape index (κ2) is 4.53. The maximum Gasteiger partial charge on any atom is 0.124 e. The standard InChI is InChI=1S/C12H17NO2/c1-9-2-3-11(13)6-12(9)15-8-10-4-5-14-7-10/h2-3,6,10H,4-5,7-8,13H2,1H3. The van der Waals surface area contributed by atoms with Crippen molar-refractivity contribution in [1.82, 2.24) is 0 Å². The molecule has 0 radical (unpaired) electrons. The number of ether oxygens (including phenoxy) is 2. The van der Waals surface area contributed by atoms with Gasteiger partial charge in [0.25, 0.3) is 0 Å². The maximum absolute atomic E-state index is 5.74. The lowest BCUT2D eigenvalue weighted by atomic mass is 10.1. The Morgan fingerprint density at radius 2 is 2.40 bits per heavy atom. The molecule has 1 aliphatic rings. The molecule has 1 heterocycles. The van der Waals surface area contributed by atoms with Crippen molar-refractivity contribution in [1.29, 1.82) is 0 Å². The number of hydrogen-bond acceptors (Lipinski definition) is 3. The fourth-order valence-corrected chi connectivity index (χ4v) is 1.69. The number of nitrogen functional groups attached to an aromatic ring is 1. The van der Waals surface area contributed by atoms with Crippen molar-refractivity contribution in [3.63, 3.8) is 0 Å². The molecular weight excluding hydrogens is 190 g/mol. The van der Waals surface area contributed by atoms with Crippen molar-refractivity contribution in [2.75, 3.05) is 25.6 Å². The molecule has 15 heavy (non-hydrogen) atoms. The first-order valence-electron chi connectivity index (χ1n) is 5.32. The number of rotatable bonds is 3. The van der Waals surface area contributed by atoms with Crippen LogP contribution in [0.15, 0.2) is 18.2 Å². The summed E-state index contributed by atoms with van der Waals surface area (Å²) in [4.78, 5) is 0. The van der Waals surface area contributed by atoms with Crippen LogP contribution in [0.25, 0.3) is 0 Å². The average molecular weight is 207 g/mol. The first-order chi connectivity index (χ1) is 7.25. The number of benzene rings is 1. The van der Waals surface area contributed by atoms with E-state index in [0.29, 0.717) is 5.92 Å². The van der Waals surface area contributed by atoms with Crippen molar-refractivity contribution in [3.05, 3.63) is 23.8 Å². The molecule has 2 rings (SSSR count). The topological polar surface area (TPSA) is 44.5 Å².